The maximum atomic E-state index is 12.6. The van der Waals surface area contributed by atoms with E-state index in [1.54, 1.807) is 0 Å². The lowest BCUT2D eigenvalue weighted by Crippen LogP contribution is -3.10. The van der Waals surface area contributed by atoms with Gasteiger partial charge in [-0.25, -0.2) is 0 Å². The van der Waals surface area contributed by atoms with Crippen LogP contribution in [0.3, 0.4) is 0 Å². The lowest BCUT2D eigenvalue weighted by Gasteiger charge is -2.16. The molecule has 1 aromatic carbocycles. The predicted octanol–water partition coefficient (Wildman–Crippen LogP) is 1.57. The van der Waals surface area contributed by atoms with Crippen LogP contribution in [0.5, 0.6) is 0 Å². The van der Waals surface area contributed by atoms with Gasteiger partial charge in [-0.15, -0.1) is 0 Å². The third kappa shape index (κ3) is 2.71. The van der Waals surface area contributed by atoms with Gasteiger partial charge < -0.3 is 9.88 Å². The minimum atomic E-state index is 0.189. The highest BCUT2D eigenvalue weighted by molar-refractivity contribution is 5.80. The number of H-pyrrole nitrogens is 1. The molecule has 2 N–H and O–H groups in total. The van der Waals surface area contributed by atoms with Crippen LogP contribution in [0.1, 0.15) is 30.7 Å². The van der Waals surface area contributed by atoms with E-state index in [2.05, 4.69) is 18.8 Å². The molecule has 0 atom stereocenters. The summed E-state index contributed by atoms with van der Waals surface area (Å²) in [5.74, 6) is 0. The number of aromatic amines is 1. The predicted molar refractivity (Wildman–Crippen MR) is 79.8 cm³/mol. The molecule has 1 heterocycles. The number of hydrogen-bond donors (Lipinski definition) is 2. The topological polar surface area (TPSA) is 37.3 Å². The van der Waals surface area contributed by atoms with E-state index in [0.717, 1.165) is 47.4 Å². The van der Waals surface area contributed by atoms with Crippen molar-refractivity contribution < 1.29 is 4.90 Å². The number of nitrogens with one attached hydrogen (secondary N) is 2. The van der Waals surface area contributed by atoms with Gasteiger partial charge in [-0.3, -0.25) is 4.79 Å². The largest absolute Gasteiger partial charge is 0.358 e. The lowest BCUT2D eigenvalue weighted by atomic mass is 10.1. The lowest BCUT2D eigenvalue weighted by molar-refractivity contribution is -0.910. The molecule has 19 heavy (non-hydrogen) atoms. The molecule has 0 aliphatic heterocycles. The number of aromatic nitrogens is 1. The zero-order valence-corrected chi connectivity index (χ0v) is 12.3. The van der Waals surface area contributed by atoms with Gasteiger partial charge in [-0.05, 0) is 39.8 Å². The summed E-state index contributed by atoms with van der Waals surface area (Å²) in [5.41, 5.74) is 4.18. The summed E-state index contributed by atoms with van der Waals surface area (Å²) < 4.78 is 0. The molecule has 0 saturated heterocycles. The number of hydrogen-bond acceptors (Lipinski definition) is 1. The fourth-order valence-electron chi connectivity index (χ4n) is 2.53. The first-order valence-corrected chi connectivity index (χ1v) is 7.02. The maximum Gasteiger partial charge on any atom is 0.198 e. The fourth-order valence-corrected chi connectivity index (χ4v) is 2.53. The number of rotatable bonds is 4. The van der Waals surface area contributed by atoms with E-state index in [1.807, 2.05) is 32.0 Å². The molecular weight excluding hydrogens is 236 g/mol. The maximum absolute atomic E-state index is 12.6. The van der Waals surface area contributed by atoms with Crippen LogP contribution in [0.25, 0.3) is 10.9 Å². The van der Waals surface area contributed by atoms with Crippen molar-refractivity contribution in [2.24, 2.45) is 0 Å². The Kier molecular flexibility index (Phi) is 4.05. The summed E-state index contributed by atoms with van der Waals surface area (Å²) in [6.45, 7) is 11.2. The molecule has 0 aliphatic carbocycles. The summed E-state index contributed by atoms with van der Waals surface area (Å²) >= 11 is 0. The van der Waals surface area contributed by atoms with Crippen LogP contribution in [-0.4, -0.2) is 18.1 Å². The molecular formula is C16H23N2O+. The van der Waals surface area contributed by atoms with Crippen molar-refractivity contribution in [1.82, 2.24) is 4.98 Å². The molecule has 3 nitrogen and oxygen atoms in total. The molecule has 0 amide bonds. The molecule has 0 unspecified atom stereocenters. The van der Waals surface area contributed by atoms with Crippen LogP contribution >= 0.6 is 0 Å². The van der Waals surface area contributed by atoms with Gasteiger partial charge >= 0.3 is 0 Å². The molecule has 0 radical (unpaired) electrons. The van der Waals surface area contributed by atoms with Gasteiger partial charge in [0.2, 0.25) is 0 Å². The van der Waals surface area contributed by atoms with Gasteiger partial charge in [0, 0.05) is 16.6 Å². The third-order valence-electron chi connectivity index (χ3n) is 3.90. The van der Waals surface area contributed by atoms with Crippen LogP contribution in [0.2, 0.25) is 0 Å². The van der Waals surface area contributed by atoms with Gasteiger partial charge in [-0.1, -0.05) is 11.6 Å². The summed E-state index contributed by atoms with van der Waals surface area (Å²) in [6, 6.07) is 6.01. The van der Waals surface area contributed by atoms with E-state index in [1.165, 1.54) is 4.90 Å². The van der Waals surface area contributed by atoms with Crippen molar-refractivity contribution in [2.45, 2.75) is 34.2 Å². The summed E-state index contributed by atoms with van der Waals surface area (Å²) in [6.07, 6.45) is 0. The molecule has 3 heteroatoms. The molecule has 2 rings (SSSR count). The molecule has 0 aliphatic rings. The zero-order chi connectivity index (χ0) is 14.0. The minimum Gasteiger partial charge on any atom is -0.358 e. The highest BCUT2D eigenvalue weighted by Crippen LogP contribution is 2.12. The van der Waals surface area contributed by atoms with Crippen LogP contribution < -0.4 is 10.3 Å². The Morgan fingerprint density at radius 1 is 1.16 bits per heavy atom. The van der Waals surface area contributed by atoms with Crippen molar-refractivity contribution >= 4 is 10.9 Å². The van der Waals surface area contributed by atoms with E-state index < -0.39 is 0 Å². The number of pyridine rings is 1. The second-order valence-corrected chi connectivity index (χ2v) is 5.24. The zero-order valence-electron chi connectivity index (χ0n) is 12.3. The first-order chi connectivity index (χ1) is 9.06. The quantitative estimate of drug-likeness (QED) is 0.859. The van der Waals surface area contributed by atoms with Crippen LogP contribution in [-0.2, 0) is 6.54 Å². The number of quaternary nitrogens is 1. The summed E-state index contributed by atoms with van der Waals surface area (Å²) in [7, 11) is 0. The van der Waals surface area contributed by atoms with Crippen molar-refractivity contribution in [3.63, 3.8) is 0 Å². The Morgan fingerprint density at radius 2 is 1.84 bits per heavy atom. The van der Waals surface area contributed by atoms with Gasteiger partial charge in [0.05, 0.1) is 18.7 Å². The average molecular weight is 259 g/mol. The van der Waals surface area contributed by atoms with E-state index in [-0.39, 0.29) is 5.43 Å². The van der Waals surface area contributed by atoms with E-state index in [4.69, 9.17) is 0 Å². The Morgan fingerprint density at radius 3 is 2.47 bits per heavy atom. The van der Waals surface area contributed by atoms with Crippen LogP contribution in [0.15, 0.2) is 23.0 Å². The van der Waals surface area contributed by atoms with Crippen molar-refractivity contribution in [3.8, 4) is 0 Å². The molecule has 102 valence electrons. The van der Waals surface area contributed by atoms with Gasteiger partial charge in [-0.2, -0.15) is 0 Å². The van der Waals surface area contributed by atoms with E-state index in [0.29, 0.717) is 0 Å². The number of benzene rings is 1. The Balaban J connectivity index is 2.58. The Bertz CT molecular complexity index is 639. The highest BCUT2D eigenvalue weighted by atomic mass is 16.1. The van der Waals surface area contributed by atoms with Crippen molar-refractivity contribution in [2.75, 3.05) is 13.1 Å². The van der Waals surface area contributed by atoms with Gasteiger partial charge in [0.15, 0.2) is 5.43 Å². The average Bonchev–Trinajstić information content (AvgIpc) is 2.40. The van der Waals surface area contributed by atoms with E-state index in [9.17, 15) is 4.79 Å². The first-order valence-electron chi connectivity index (χ1n) is 7.02. The molecule has 0 bridgehead atoms. The first kappa shape index (κ1) is 13.8. The Labute approximate surface area is 114 Å². The minimum absolute atomic E-state index is 0.189. The highest BCUT2D eigenvalue weighted by Gasteiger charge is 2.14. The standard InChI is InChI=1S/C16H22N2O/c1-5-18(6-2)10-14-12(4)17-15-8-7-11(3)9-13(15)16(14)19/h7-9H,5-6,10H2,1-4H3,(H,17,19)/p+1. The molecule has 0 spiro atoms. The number of fused-ring (bicyclic) bond motifs is 1. The normalized spacial score (nSPS) is 11.4. The van der Waals surface area contributed by atoms with Gasteiger partial charge in [0.25, 0.3) is 0 Å². The molecule has 1 aromatic heterocycles. The number of aryl methyl sites for hydroxylation is 2. The molecule has 0 fully saturated rings. The second kappa shape index (κ2) is 5.57. The van der Waals surface area contributed by atoms with Crippen LogP contribution in [0.4, 0.5) is 0 Å². The third-order valence-corrected chi connectivity index (χ3v) is 3.90. The van der Waals surface area contributed by atoms with Gasteiger partial charge in [0.1, 0.15) is 6.54 Å². The fraction of sp³-hybridized carbons (Fsp3) is 0.438. The SMILES string of the molecule is CC[NH+](CC)Cc1c(C)[nH]c2ccc(C)cc2c1=O. The van der Waals surface area contributed by atoms with E-state index >= 15 is 0 Å². The van der Waals surface area contributed by atoms with Crippen LogP contribution in [0, 0.1) is 13.8 Å². The summed E-state index contributed by atoms with van der Waals surface area (Å²) in [4.78, 5) is 17.4. The van der Waals surface area contributed by atoms with Crippen molar-refractivity contribution in [3.05, 3.63) is 45.2 Å². The Hall–Kier alpha value is -1.61. The van der Waals surface area contributed by atoms with Crippen molar-refractivity contribution in [1.29, 1.82) is 0 Å². The second-order valence-electron chi connectivity index (χ2n) is 5.24. The monoisotopic (exact) mass is 259 g/mol. The summed E-state index contributed by atoms with van der Waals surface area (Å²) in [5, 5.41) is 0.812. The molecule has 2 aromatic rings. The molecule has 0 saturated carbocycles. The smallest absolute Gasteiger partial charge is 0.198 e.